The van der Waals surface area contributed by atoms with Crippen LogP contribution in [0.25, 0.3) is 11.0 Å². The summed E-state index contributed by atoms with van der Waals surface area (Å²) in [5, 5.41) is 0. The highest BCUT2D eigenvalue weighted by Crippen LogP contribution is 2.20. The number of aromatic amines is 2. The Morgan fingerprint density at radius 2 is 1.48 bits per heavy atom. The zero-order valence-corrected chi connectivity index (χ0v) is 14.7. The smallest absolute Gasteiger partial charge is 0.306 e. The summed E-state index contributed by atoms with van der Waals surface area (Å²) in [7, 11) is -7.23. The second-order valence-corrected chi connectivity index (χ2v) is 9.28. The molecule has 0 bridgehead atoms. The average Bonchev–Trinajstić information content (AvgIpc) is 2.94. The number of sulfonamides is 1. The van der Waals surface area contributed by atoms with E-state index in [0.29, 0.717) is 11.0 Å². The molecule has 3 rings (SSSR count). The minimum Gasteiger partial charge on any atom is -0.306 e. The maximum absolute atomic E-state index is 12.5. The van der Waals surface area contributed by atoms with E-state index in [0.717, 1.165) is 0 Å². The highest BCUT2D eigenvalue weighted by Gasteiger charge is 2.16. The molecule has 0 saturated carbocycles. The topological polar surface area (TPSA) is 129 Å². The first-order chi connectivity index (χ1) is 11.7. The van der Waals surface area contributed by atoms with Crippen molar-refractivity contribution in [3.8, 4) is 0 Å². The van der Waals surface area contributed by atoms with Gasteiger partial charge in [-0.25, -0.2) is 21.6 Å². The van der Waals surface area contributed by atoms with E-state index >= 15 is 0 Å². The van der Waals surface area contributed by atoms with E-state index in [1.165, 1.54) is 49.4 Å². The number of imidazole rings is 1. The third-order valence-corrected chi connectivity index (χ3v) is 6.77. The van der Waals surface area contributed by atoms with E-state index in [2.05, 4.69) is 14.7 Å². The number of rotatable bonds is 5. The van der Waals surface area contributed by atoms with Crippen LogP contribution < -0.4 is 10.4 Å². The lowest BCUT2D eigenvalue weighted by atomic mass is 10.3. The van der Waals surface area contributed by atoms with Crippen LogP contribution in [0.15, 0.2) is 57.1 Å². The summed E-state index contributed by atoms with van der Waals surface area (Å²) in [5.74, 6) is -0.0348. The van der Waals surface area contributed by atoms with E-state index < -0.39 is 25.6 Å². The molecule has 2 aromatic carbocycles. The number of anilines is 1. The Kier molecular flexibility index (Phi) is 4.17. The highest BCUT2D eigenvalue weighted by molar-refractivity contribution is 7.92. The lowest BCUT2D eigenvalue weighted by molar-refractivity contribution is 0.597. The van der Waals surface area contributed by atoms with Crippen molar-refractivity contribution in [3.05, 3.63) is 52.9 Å². The van der Waals surface area contributed by atoms with E-state index in [4.69, 9.17) is 0 Å². The van der Waals surface area contributed by atoms with Crippen molar-refractivity contribution in [2.45, 2.75) is 16.7 Å². The predicted molar refractivity (Wildman–Crippen MR) is 93.9 cm³/mol. The molecule has 0 unspecified atom stereocenters. The summed E-state index contributed by atoms with van der Waals surface area (Å²) in [4.78, 5) is 16.4. The Morgan fingerprint density at radius 1 is 0.880 bits per heavy atom. The SMILES string of the molecule is CCS(=O)(=O)c1ccc(NS(=O)(=O)c2ccc3[nH]c(=O)[nH]c3c2)cc1. The van der Waals surface area contributed by atoms with Crippen LogP contribution in [0.3, 0.4) is 0 Å². The molecule has 1 heterocycles. The minimum absolute atomic E-state index is 0.0273. The molecule has 0 aliphatic heterocycles. The molecule has 1 aromatic heterocycles. The molecule has 0 saturated heterocycles. The van der Waals surface area contributed by atoms with Crippen molar-refractivity contribution < 1.29 is 16.8 Å². The van der Waals surface area contributed by atoms with Crippen LogP contribution in [0, 0.1) is 0 Å². The second-order valence-electron chi connectivity index (χ2n) is 5.32. The van der Waals surface area contributed by atoms with Crippen LogP contribution in [-0.2, 0) is 19.9 Å². The molecule has 0 aliphatic rings. The molecule has 0 fully saturated rings. The monoisotopic (exact) mass is 381 g/mol. The number of hydrogen-bond donors (Lipinski definition) is 3. The van der Waals surface area contributed by atoms with Crippen LogP contribution in [0.2, 0.25) is 0 Å². The molecular weight excluding hydrogens is 366 g/mol. The Balaban J connectivity index is 1.91. The Bertz CT molecular complexity index is 1190. The number of fused-ring (bicyclic) bond motifs is 1. The van der Waals surface area contributed by atoms with Crippen molar-refractivity contribution in [1.29, 1.82) is 0 Å². The van der Waals surface area contributed by atoms with E-state index in [9.17, 15) is 21.6 Å². The number of hydrogen-bond acceptors (Lipinski definition) is 5. The third kappa shape index (κ3) is 3.44. The van der Waals surface area contributed by atoms with Gasteiger partial charge >= 0.3 is 5.69 Å². The zero-order valence-electron chi connectivity index (χ0n) is 13.1. The summed E-state index contributed by atoms with van der Waals surface area (Å²) in [6.45, 7) is 1.54. The fourth-order valence-corrected chi connectivity index (χ4v) is 4.26. The van der Waals surface area contributed by atoms with Gasteiger partial charge < -0.3 is 9.97 Å². The maximum Gasteiger partial charge on any atom is 0.323 e. The quantitative estimate of drug-likeness (QED) is 0.616. The summed E-state index contributed by atoms with van der Waals surface area (Å²) in [6, 6.07) is 9.66. The van der Waals surface area contributed by atoms with Crippen molar-refractivity contribution in [2.24, 2.45) is 0 Å². The Morgan fingerprint density at radius 3 is 2.12 bits per heavy atom. The minimum atomic E-state index is -3.88. The lowest BCUT2D eigenvalue weighted by Crippen LogP contribution is -2.13. The number of H-pyrrole nitrogens is 2. The number of nitrogens with one attached hydrogen (secondary N) is 3. The van der Waals surface area contributed by atoms with Crippen molar-refractivity contribution in [1.82, 2.24) is 9.97 Å². The largest absolute Gasteiger partial charge is 0.323 e. The van der Waals surface area contributed by atoms with Gasteiger partial charge in [-0.05, 0) is 42.5 Å². The standard InChI is InChI=1S/C15H15N3O5S2/c1-2-24(20,21)11-5-3-10(4-6-11)18-25(22,23)12-7-8-13-14(9-12)17-15(19)16-13/h3-9,18H,2H2,1H3,(H2,16,17,19). The Hall–Kier alpha value is -2.59. The summed E-state index contributed by atoms with van der Waals surface area (Å²) < 4.78 is 50.8. The van der Waals surface area contributed by atoms with Gasteiger partial charge in [0.1, 0.15) is 0 Å². The van der Waals surface area contributed by atoms with Crippen molar-refractivity contribution in [3.63, 3.8) is 0 Å². The van der Waals surface area contributed by atoms with E-state index in [-0.39, 0.29) is 21.2 Å². The zero-order chi connectivity index (χ0) is 18.2. The summed E-state index contributed by atoms with van der Waals surface area (Å²) in [6.07, 6.45) is 0. The normalized spacial score (nSPS) is 12.4. The molecular formula is C15H15N3O5S2. The van der Waals surface area contributed by atoms with E-state index in [1.54, 1.807) is 0 Å². The molecule has 8 nitrogen and oxygen atoms in total. The van der Waals surface area contributed by atoms with Gasteiger partial charge in [-0.2, -0.15) is 0 Å². The first-order valence-electron chi connectivity index (χ1n) is 7.29. The molecule has 0 amide bonds. The van der Waals surface area contributed by atoms with Gasteiger partial charge in [-0.1, -0.05) is 6.92 Å². The van der Waals surface area contributed by atoms with Gasteiger partial charge in [0.25, 0.3) is 10.0 Å². The molecule has 132 valence electrons. The summed E-state index contributed by atoms with van der Waals surface area (Å²) in [5.41, 5.74) is 0.679. The fourth-order valence-electron chi connectivity index (χ4n) is 2.29. The predicted octanol–water partition coefficient (Wildman–Crippen LogP) is 1.45. The maximum atomic E-state index is 12.5. The van der Waals surface area contributed by atoms with Gasteiger partial charge in [0.2, 0.25) is 0 Å². The second kappa shape index (κ2) is 6.05. The van der Waals surface area contributed by atoms with Crippen molar-refractivity contribution in [2.75, 3.05) is 10.5 Å². The van der Waals surface area contributed by atoms with Crippen LogP contribution in [0.1, 0.15) is 6.92 Å². The first kappa shape index (κ1) is 17.2. The van der Waals surface area contributed by atoms with Crippen LogP contribution in [-0.4, -0.2) is 32.6 Å². The lowest BCUT2D eigenvalue weighted by Gasteiger charge is -2.09. The number of aromatic nitrogens is 2. The molecule has 3 aromatic rings. The number of benzene rings is 2. The molecule has 25 heavy (non-hydrogen) atoms. The Labute approximate surface area is 143 Å². The van der Waals surface area contributed by atoms with Gasteiger partial charge in [-0.3, -0.25) is 4.72 Å². The molecule has 10 heteroatoms. The fraction of sp³-hybridized carbons (Fsp3) is 0.133. The van der Waals surface area contributed by atoms with Crippen LogP contribution in [0.4, 0.5) is 5.69 Å². The van der Waals surface area contributed by atoms with Gasteiger partial charge in [0, 0.05) is 5.69 Å². The molecule has 3 N–H and O–H groups in total. The molecule has 0 radical (unpaired) electrons. The third-order valence-electron chi connectivity index (χ3n) is 3.64. The molecule has 0 aliphatic carbocycles. The van der Waals surface area contributed by atoms with Crippen LogP contribution in [0.5, 0.6) is 0 Å². The first-order valence-corrected chi connectivity index (χ1v) is 10.4. The van der Waals surface area contributed by atoms with Gasteiger partial charge in [-0.15, -0.1) is 0 Å². The van der Waals surface area contributed by atoms with Crippen LogP contribution >= 0.6 is 0 Å². The van der Waals surface area contributed by atoms with E-state index in [1.807, 2.05) is 0 Å². The molecule has 0 atom stereocenters. The summed E-state index contributed by atoms with van der Waals surface area (Å²) >= 11 is 0. The average molecular weight is 381 g/mol. The van der Waals surface area contributed by atoms with Crippen molar-refractivity contribution >= 4 is 36.6 Å². The van der Waals surface area contributed by atoms with Gasteiger partial charge in [0.15, 0.2) is 9.84 Å². The highest BCUT2D eigenvalue weighted by atomic mass is 32.2. The molecule has 0 spiro atoms. The van der Waals surface area contributed by atoms with Gasteiger partial charge in [0.05, 0.1) is 26.6 Å². The number of sulfone groups is 1.